The highest BCUT2D eigenvalue weighted by Gasteiger charge is 2.46. The summed E-state index contributed by atoms with van der Waals surface area (Å²) in [5.41, 5.74) is 0.342. The SMILES string of the molecule is COc1cccc(C2CC2C(=O)NCC2(C(=O)O)CCCCC2)c1. The van der Waals surface area contributed by atoms with Crippen molar-refractivity contribution >= 4 is 11.9 Å². The molecule has 5 heteroatoms. The number of hydrogen-bond acceptors (Lipinski definition) is 3. The molecule has 2 N–H and O–H groups in total. The lowest BCUT2D eigenvalue weighted by molar-refractivity contribution is -0.151. The molecule has 2 fully saturated rings. The Morgan fingerprint density at radius 2 is 2.04 bits per heavy atom. The van der Waals surface area contributed by atoms with Crippen LogP contribution in [0.15, 0.2) is 24.3 Å². The van der Waals surface area contributed by atoms with Gasteiger partial charge in [-0.25, -0.2) is 0 Å². The standard InChI is InChI=1S/C19H25NO4/c1-24-14-7-5-6-13(10-14)15-11-16(15)17(21)20-12-19(18(22)23)8-3-2-4-9-19/h5-7,10,15-16H,2-4,8-9,11-12H2,1H3,(H,20,21)(H,22,23). The highest BCUT2D eigenvalue weighted by molar-refractivity contribution is 5.84. The number of carbonyl (C=O) groups is 2. The number of aliphatic carboxylic acids is 1. The van der Waals surface area contributed by atoms with E-state index in [0.29, 0.717) is 12.8 Å². The molecule has 0 aromatic heterocycles. The molecule has 0 saturated heterocycles. The second kappa shape index (κ2) is 6.83. The predicted octanol–water partition coefficient (Wildman–Crippen LogP) is 2.95. The lowest BCUT2D eigenvalue weighted by Crippen LogP contribution is -2.44. The summed E-state index contributed by atoms with van der Waals surface area (Å²) < 4.78 is 5.23. The van der Waals surface area contributed by atoms with E-state index in [9.17, 15) is 14.7 Å². The number of carboxylic acids is 1. The van der Waals surface area contributed by atoms with E-state index in [2.05, 4.69) is 5.32 Å². The number of carboxylic acid groups (broad SMARTS) is 1. The number of benzene rings is 1. The van der Waals surface area contributed by atoms with E-state index < -0.39 is 11.4 Å². The molecule has 2 unspecified atom stereocenters. The zero-order valence-corrected chi connectivity index (χ0v) is 14.1. The van der Waals surface area contributed by atoms with E-state index >= 15 is 0 Å². The van der Waals surface area contributed by atoms with Crippen LogP contribution in [0.3, 0.4) is 0 Å². The highest BCUT2D eigenvalue weighted by atomic mass is 16.5. The van der Waals surface area contributed by atoms with Gasteiger partial charge in [0.25, 0.3) is 0 Å². The lowest BCUT2D eigenvalue weighted by Gasteiger charge is -2.33. The molecule has 0 bridgehead atoms. The lowest BCUT2D eigenvalue weighted by atomic mass is 9.74. The van der Waals surface area contributed by atoms with Gasteiger partial charge in [0.15, 0.2) is 0 Å². The van der Waals surface area contributed by atoms with Crippen LogP contribution in [0.25, 0.3) is 0 Å². The van der Waals surface area contributed by atoms with Crippen LogP contribution in [0, 0.1) is 11.3 Å². The van der Waals surface area contributed by atoms with Crippen molar-refractivity contribution in [2.75, 3.05) is 13.7 Å². The van der Waals surface area contributed by atoms with Crippen LogP contribution in [0.2, 0.25) is 0 Å². The zero-order chi connectivity index (χ0) is 17.2. The molecule has 1 aromatic rings. The third kappa shape index (κ3) is 3.40. The molecule has 0 heterocycles. The Kier molecular flexibility index (Phi) is 4.78. The first-order chi connectivity index (χ1) is 11.6. The van der Waals surface area contributed by atoms with Gasteiger partial charge in [-0.05, 0) is 42.9 Å². The van der Waals surface area contributed by atoms with Crippen LogP contribution >= 0.6 is 0 Å². The molecule has 2 aliphatic rings. The topological polar surface area (TPSA) is 75.6 Å². The molecule has 0 spiro atoms. The Hall–Kier alpha value is -2.04. The molecule has 3 rings (SSSR count). The Morgan fingerprint density at radius 3 is 2.71 bits per heavy atom. The van der Waals surface area contributed by atoms with Gasteiger partial charge >= 0.3 is 5.97 Å². The Morgan fingerprint density at radius 1 is 1.29 bits per heavy atom. The molecular weight excluding hydrogens is 306 g/mol. The first-order valence-corrected chi connectivity index (χ1v) is 8.71. The van der Waals surface area contributed by atoms with Crippen molar-refractivity contribution in [3.63, 3.8) is 0 Å². The van der Waals surface area contributed by atoms with Gasteiger partial charge in [0, 0.05) is 12.5 Å². The molecular formula is C19H25NO4. The summed E-state index contributed by atoms with van der Waals surface area (Å²) in [4.78, 5) is 24.1. The fourth-order valence-corrected chi connectivity index (χ4v) is 3.81. The molecule has 1 aromatic carbocycles. The van der Waals surface area contributed by atoms with E-state index in [1.807, 2.05) is 24.3 Å². The monoisotopic (exact) mass is 331 g/mol. The first kappa shape index (κ1) is 16.8. The van der Waals surface area contributed by atoms with Crippen molar-refractivity contribution in [2.45, 2.75) is 44.4 Å². The first-order valence-electron chi connectivity index (χ1n) is 8.71. The summed E-state index contributed by atoms with van der Waals surface area (Å²) in [6.07, 6.45) is 5.08. The van der Waals surface area contributed by atoms with Crippen LogP contribution < -0.4 is 10.1 Å². The molecule has 2 saturated carbocycles. The molecule has 2 atom stereocenters. The molecule has 0 radical (unpaired) electrons. The number of nitrogens with one attached hydrogen (secondary N) is 1. The number of methoxy groups -OCH3 is 1. The Balaban J connectivity index is 1.57. The summed E-state index contributed by atoms with van der Waals surface area (Å²) in [6, 6.07) is 7.81. The molecule has 5 nitrogen and oxygen atoms in total. The van der Waals surface area contributed by atoms with E-state index in [4.69, 9.17) is 4.74 Å². The quantitative estimate of drug-likeness (QED) is 0.840. The minimum Gasteiger partial charge on any atom is -0.497 e. The van der Waals surface area contributed by atoms with E-state index in [0.717, 1.165) is 37.0 Å². The van der Waals surface area contributed by atoms with E-state index in [1.54, 1.807) is 7.11 Å². The van der Waals surface area contributed by atoms with Crippen molar-refractivity contribution in [3.8, 4) is 5.75 Å². The largest absolute Gasteiger partial charge is 0.497 e. The minimum atomic E-state index is -0.775. The fraction of sp³-hybridized carbons (Fsp3) is 0.579. The van der Waals surface area contributed by atoms with Crippen LogP contribution in [0.5, 0.6) is 5.75 Å². The predicted molar refractivity (Wildman–Crippen MR) is 90.0 cm³/mol. The van der Waals surface area contributed by atoms with Crippen molar-refractivity contribution < 1.29 is 19.4 Å². The summed E-state index contributed by atoms with van der Waals surface area (Å²) in [7, 11) is 1.63. The van der Waals surface area contributed by atoms with E-state index in [-0.39, 0.29) is 24.3 Å². The van der Waals surface area contributed by atoms with Gasteiger partial charge < -0.3 is 15.2 Å². The normalized spacial score (nSPS) is 24.9. The van der Waals surface area contributed by atoms with Gasteiger partial charge in [-0.15, -0.1) is 0 Å². The van der Waals surface area contributed by atoms with Gasteiger partial charge in [0.05, 0.1) is 12.5 Å². The van der Waals surface area contributed by atoms with Gasteiger partial charge in [-0.2, -0.15) is 0 Å². The Bertz CT molecular complexity index is 622. The van der Waals surface area contributed by atoms with Gasteiger partial charge in [-0.1, -0.05) is 31.4 Å². The third-order valence-corrected chi connectivity index (χ3v) is 5.51. The second-order valence-electron chi connectivity index (χ2n) is 7.09. The average Bonchev–Trinajstić information content (AvgIpc) is 3.41. The number of ether oxygens (including phenoxy) is 1. The highest BCUT2D eigenvalue weighted by Crippen LogP contribution is 2.48. The van der Waals surface area contributed by atoms with Gasteiger partial charge in [0.2, 0.25) is 5.91 Å². The van der Waals surface area contributed by atoms with Gasteiger partial charge in [0.1, 0.15) is 5.75 Å². The third-order valence-electron chi connectivity index (χ3n) is 5.51. The molecule has 1 amide bonds. The van der Waals surface area contributed by atoms with Crippen molar-refractivity contribution in [1.82, 2.24) is 5.32 Å². The average molecular weight is 331 g/mol. The fourth-order valence-electron chi connectivity index (χ4n) is 3.81. The smallest absolute Gasteiger partial charge is 0.311 e. The maximum Gasteiger partial charge on any atom is 0.311 e. The molecule has 24 heavy (non-hydrogen) atoms. The second-order valence-corrected chi connectivity index (χ2v) is 7.09. The molecule has 2 aliphatic carbocycles. The van der Waals surface area contributed by atoms with Crippen molar-refractivity contribution in [1.29, 1.82) is 0 Å². The molecule has 0 aliphatic heterocycles. The number of amides is 1. The maximum absolute atomic E-state index is 12.4. The van der Waals surface area contributed by atoms with Crippen LogP contribution in [-0.2, 0) is 9.59 Å². The maximum atomic E-state index is 12.4. The van der Waals surface area contributed by atoms with E-state index in [1.165, 1.54) is 0 Å². The van der Waals surface area contributed by atoms with Crippen molar-refractivity contribution in [2.24, 2.45) is 11.3 Å². The van der Waals surface area contributed by atoms with Crippen LogP contribution in [0.4, 0.5) is 0 Å². The zero-order valence-electron chi connectivity index (χ0n) is 14.1. The molecule has 130 valence electrons. The van der Waals surface area contributed by atoms with Crippen LogP contribution in [0.1, 0.15) is 50.0 Å². The number of hydrogen-bond donors (Lipinski definition) is 2. The summed E-state index contributed by atoms with van der Waals surface area (Å²) in [6.45, 7) is 0.252. The number of rotatable bonds is 6. The number of carbonyl (C=O) groups excluding carboxylic acids is 1. The Labute approximate surface area is 142 Å². The summed E-state index contributed by atoms with van der Waals surface area (Å²) in [5.74, 6) is 0.168. The van der Waals surface area contributed by atoms with Crippen LogP contribution in [-0.4, -0.2) is 30.6 Å². The van der Waals surface area contributed by atoms with Crippen molar-refractivity contribution in [3.05, 3.63) is 29.8 Å². The summed E-state index contributed by atoms with van der Waals surface area (Å²) >= 11 is 0. The van der Waals surface area contributed by atoms with Gasteiger partial charge in [-0.3, -0.25) is 9.59 Å². The minimum absolute atomic E-state index is 0.0194. The summed E-state index contributed by atoms with van der Waals surface area (Å²) in [5, 5.41) is 12.5.